The van der Waals surface area contributed by atoms with Crippen molar-refractivity contribution in [2.45, 2.75) is 19.4 Å². The fraction of sp³-hybridized carbons (Fsp3) is 0.375. The van der Waals surface area contributed by atoms with Crippen LogP contribution in [0.5, 0.6) is 0 Å². The summed E-state index contributed by atoms with van der Waals surface area (Å²) in [5.41, 5.74) is 0. The molecule has 2 aromatic rings. The molecule has 102 valence electrons. The Bertz CT molecular complexity index is 508. The molecule has 1 atom stereocenters. The van der Waals surface area contributed by atoms with Crippen LogP contribution in [0.25, 0.3) is 10.8 Å². The van der Waals surface area contributed by atoms with Crippen molar-refractivity contribution in [1.29, 1.82) is 0 Å². The second-order valence-electron chi connectivity index (χ2n) is 4.68. The molecule has 0 N–H and O–H groups in total. The summed E-state index contributed by atoms with van der Waals surface area (Å²) in [6, 6.07) is 16.3. The van der Waals surface area contributed by atoms with Gasteiger partial charge in [0, 0.05) is 20.3 Å². The molecule has 2 nitrogen and oxygen atoms in total. The molecule has 0 spiro atoms. The molecule has 0 heterocycles. The Balaban J connectivity index is 2.16. The standard InChI is InChI=1S/C16H22O2Si/c1-3-19(18-13-7-12-17-2)16-11-6-9-14-8-4-5-10-15(14)16/h4-6,8-11,19H,3,7,12-13H2,1-2H3. The number of hydrogen-bond acceptors (Lipinski definition) is 2. The second-order valence-corrected chi connectivity index (χ2v) is 7.43. The summed E-state index contributed by atoms with van der Waals surface area (Å²) >= 11 is 0. The number of hydrogen-bond donors (Lipinski definition) is 0. The minimum Gasteiger partial charge on any atom is -0.415 e. The molecule has 0 aliphatic heterocycles. The summed E-state index contributed by atoms with van der Waals surface area (Å²) < 4.78 is 11.2. The maximum absolute atomic E-state index is 6.15. The molecular formula is C16H22O2Si. The first-order valence-corrected chi connectivity index (χ1v) is 8.81. The van der Waals surface area contributed by atoms with Crippen molar-refractivity contribution in [3.8, 4) is 0 Å². The summed E-state index contributed by atoms with van der Waals surface area (Å²) in [5, 5.41) is 4.10. The van der Waals surface area contributed by atoms with E-state index < -0.39 is 9.04 Å². The van der Waals surface area contributed by atoms with Gasteiger partial charge in [0.05, 0.1) is 0 Å². The molecule has 19 heavy (non-hydrogen) atoms. The third-order valence-electron chi connectivity index (χ3n) is 3.35. The van der Waals surface area contributed by atoms with E-state index in [0.29, 0.717) is 0 Å². The van der Waals surface area contributed by atoms with Crippen molar-refractivity contribution in [2.75, 3.05) is 20.3 Å². The van der Waals surface area contributed by atoms with E-state index in [0.717, 1.165) is 25.7 Å². The average molecular weight is 274 g/mol. The van der Waals surface area contributed by atoms with E-state index in [1.807, 2.05) is 0 Å². The van der Waals surface area contributed by atoms with Crippen LogP contribution in [0, 0.1) is 0 Å². The van der Waals surface area contributed by atoms with Crippen LogP contribution >= 0.6 is 0 Å². The largest absolute Gasteiger partial charge is 0.415 e. The third-order valence-corrected chi connectivity index (χ3v) is 5.93. The first-order chi connectivity index (χ1) is 9.36. The highest BCUT2D eigenvalue weighted by Crippen LogP contribution is 2.13. The fourth-order valence-corrected chi connectivity index (χ4v) is 4.63. The molecule has 0 aromatic heterocycles. The lowest BCUT2D eigenvalue weighted by atomic mass is 10.1. The Hall–Kier alpha value is -1.16. The van der Waals surface area contributed by atoms with E-state index in [-0.39, 0.29) is 0 Å². The molecule has 0 radical (unpaired) electrons. The van der Waals surface area contributed by atoms with Gasteiger partial charge in [-0.05, 0) is 28.4 Å². The SMILES string of the molecule is CC[SiH](OCCCOC)c1cccc2ccccc12. The van der Waals surface area contributed by atoms with Gasteiger partial charge in [0.2, 0.25) is 9.04 Å². The van der Waals surface area contributed by atoms with E-state index in [1.165, 1.54) is 16.0 Å². The van der Waals surface area contributed by atoms with Gasteiger partial charge in [-0.2, -0.15) is 0 Å². The topological polar surface area (TPSA) is 18.5 Å². The van der Waals surface area contributed by atoms with Crippen LogP contribution in [0.4, 0.5) is 0 Å². The van der Waals surface area contributed by atoms with Crippen LogP contribution in [0.2, 0.25) is 6.04 Å². The van der Waals surface area contributed by atoms with Crippen molar-refractivity contribution in [1.82, 2.24) is 0 Å². The lowest BCUT2D eigenvalue weighted by molar-refractivity contribution is 0.172. The summed E-state index contributed by atoms with van der Waals surface area (Å²) in [4.78, 5) is 0. The van der Waals surface area contributed by atoms with Crippen LogP contribution in [-0.2, 0) is 9.16 Å². The molecule has 2 aromatic carbocycles. The molecule has 0 amide bonds. The van der Waals surface area contributed by atoms with Crippen LogP contribution in [0.15, 0.2) is 42.5 Å². The zero-order chi connectivity index (χ0) is 13.5. The van der Waals surface area contributed by atoms with Gasteiger partial charge in [-0.3, -0.25) is 0 Å². The first-order valence-electron chi connectivity index (χ1n) is 6.95. The summed E-state index contributed by atoms with van der Waals surface area (Å²) in [5.74, 6) is 0. The van der Waals surface area contributed by atoms with Gasteiger partial charge in [0.25, 0.3) is 0 Å². The third kappa shape index (κ3) is 3.66. The van der Waals surface area contributed by atoms with E-state index >= 15 is 0 Å². The summed E-state index contributed by atoms with van der Waals surface area (Å²) in [7, 11) is 0.416. The quantitative estimate of drug-likeness (QED) is 0.571. The summed E-state index contributed by atoms with van der Waals surface area (Å²) in [6.45, 7) is 3.82. The molecule has 0 aliphatic rings. The van der Waals surface area contributed by atoms with Crippen molar-refractivity contribution >= 4 is 25.0 Å². The first kappa shape index (κ1) is 14.3. The van der Waals surface area contributed by atoms with Gasteiger partial charge in [-0.25, -0.2) is 0 Å². The van der Waals surface area contributed by atoms with Gasteiger partial charge >= 0.3 is 0 Å². The van der Waals surface area contributed by atoms with E-state index in [9.17, 15) is 0 Å². The van der Waals surface area contributed by atoms with E-state index in [4.69, 9.17) is 9.16 Å². The molecule has 0 saturated heterocycles. The minimum absolute atomic E-state index is 0.778. The Labute approximate surface area is 117 Å². The predicted molar refractivity (Wildman–Crippen MR) is 83.7 cm³/mol. The number of methoxy groups -OCH3 is 1. The van der Waals surface area contributed by atoms with E-state index in [1.54, 1.807) is 7.11 Å². The smallest absolute Gasteiger partial charge is 0.208 e. The van der Waals surface area contributed by atoms with Gasteiger partial charge in [0.1, 0.15) is 0 Å². The Kier molecular flexibility index (Phi) is 5.57. The molecule has 0 saturated carbocycles. The molecule has 0 aliphatic carbocycles. The number of rotatable bonds is 7. The van der Waals surface area contributed by atoms with Crippen molar-refractivity contribution in [3.63, 3.8) is 0 Å². The van der Waals surface area contributed by atoms with Crippen molar-refractivity contribution < 1.29 is 9.16 Å². The predicted octanol–water partition coefficient (Wildman–Crippen LogP) is 2.84. The van der Waals surface area contributed by atoms with Crippen molar-refractivity contribution in [3.05, 3.63) is 42.5 Å². The molecule has 1 unspecified atom stereocenters. The molecule has 0 bridgehead atoms. The fourth-order valence-electron chi connectivity index (χ4n) is 2.39. The van der Waals surface area contributed by atoms with E-state index in [2.05, 4.69) is 49.4 Å². The molecule has 0 fully saturated rings. The molecular weight excluding hydrogens is 252 g/mol. The highest BCUT2D eigenvalue weighted by atomic mass is 28.3. The molecule has 3 heteroatoms. The monoisotopic (exact) mass is 274 g/mol. The Morgan fingerprint density at radius 2 is 1.79 bits per heavy atom. The zero-order valence-corrected chi connectivity index (χ0v) is 12.9. The Morgan fingerprint density at radius 1 is 1.00 bits per heavy atom. The highest BCUT2D eigenvalue weighted by Gasteiger charge is 2.15. The maximum Gasteiger partial charge on any atom is 0.208 e. The van der Waals surface area contributed by atoms with Gasteiger partial charge in [-0.1, -0.05) is 49.4 Å². The van der Waals surface area contributed by atoms with Crippen LogP contribution < -0.4 is 5.19 Å². The molecule has 2 rings (SSSR count). The average Bonchev–Trinajstić information content (AvgIpc) is 2.47. The second kappa shape index (κ2) is 7.43. The van der Waals surface area contributed by atoms with Crippen molar-refractivity contribution in [2.24, 2.45) is 0 Å². The summed E-state index contributed by atoms with van der Waals surface area (Å²) in [6.07, 6.45) is 0.977. The van der Waals surface area contributed by atoms with Crippen LogP contribution in [-0.4, -0.2) is 29.4 Å². The zero-order valence-electron chi connectivity index (χ0n) is 11.8. The van der Waals surface area contributed by atoms with Gasteiger partial charge in [0.15, 0.2) is 0 Å². The lowest BCUT2D eigenvalue weighted by Gasteiger charge is -2.17. The number of benzene rings is 2. The van der Waals surface area contributed by atoms with Gasteiger partial charge in [-0.15, -0.1) is 0 Å². The Morgan fingerprint density at radius 3 is 2.58 bits per heavy atom. The van der Waals surface area contributed by atoms with Crippen LogP contribution in [0.1, 0.15) is 13.3 Å². The number of fused-ring (bicyclic) bond motifs is 1. The normalized spacial score (nSPS) is 12.7. The number of ether oxygens (including phenoxy) is 1. The van der Waals surface area contributed by atoms with Gasteiger partial charge < -0.3 is 9.16 Å². The van der Waals surface area contributed by atoms with Crippen LogP contribution in [0.3, 0.4) is 0 Å². The lowest BCUT2D eigenvalue weighted by Crippen LogP contribution is -2.33. The minimum atomic E-state index is -1.32. The maximum atomic E-state index is 6.15. The highest BCUT2D eigenvalue weighted by molar-refractivity contribution is 6.70.